The minimum absolute atomic E-state index is 0.0807. The molecule has 8 heteroatoms. The largest absolute Gasteiger partial charge is 0.349 e. The molecular formula is C16H21N5O2S. The Labute approximate surface area is 144 Å². The Bertz CT molecular complexity index is 715. The Balaban J connectivity index is 1.54. The third kappa shape index (κ3) is 4.27. The lowest BCUT2D eigenvalue weighted by molar-refractivity contribution is 0.0905. The van der Waals surface area contributed by atoms with Crippen LogP contribution in [-0.4, -0.2) is 51.2 Å². The Morgan fingerprint density at radius 3 is 3.08 bits per heavy atom. The fraction of sp³-hybridized carbons (Fsp3) is 0.500. The van der Waals surface area contributed by atoms with Crippen LogP contribution in [0.5, 0.6) is 0 Å². The molecule has 3 rings (SSSR count). The van der Waals surface area contributed by atoms with Gasteiger partial charge in [-0.2, -0.15) is 5.10 Å². The average Bonchev–Trinajstić information content (AvgIpc) is 3.14. The second-order valence-electron chi connectivity index (χ2n) is 5.85. The molecule has 0 bridgehead atoms. The normalized spacial score (nSPS) is 18.4. The molecule has 0 aliphatic carbocycles. The number of nitrogens with one attached hydrogen (secondary N) is 1. The van der Waals surface area contributed by atoms with Crippen LogP contribution < -0.4 is 10.9 Å². The smallest absolute Gasteiger partial charge is 0.270 e. The fourth-order valence-electron chi connectivity index (χ4n) is 2.99. The summed E-state index contributed by atoms with van der Waals surface area (Å²) >= 11 is 1.42. The van der Waals surface area contributed by atoms with Gasteiger partial charge in [0.15, 0.2) is 0 Å². The van der Waals surface area contributed by atoms with Crippen molar-refractivity contribution in [3.8, 4) is 0 Å². The van der Waals surface area contributed by atoms with Gasteiger partial charge >= 0.3 is 0 Å². The molecule has 2 aromatic rings. The molecule has 1 unspecified atom stereocenters. The predicted octanol–water partition coefficient (Wildman–Crippen LogP) is 0.984. The Hall–Kier alpha value is -2.06. The van der Waals surface area contributed by atoms with E-state index in [4.69, 9.17) is 0 Å². The number of carbonyl (C=O) groups is 1. The van der Waals surface area contributed by atoms with Crippen molar-refractivity contribution in [2.45, 2.75) is 31.8 Å². The molecule has 0 radical (unpaired) electrons. The first-order valence-electron chi connectivity index (χ1n) is 8.16. The van der Waals surface area contributed by atoms with E-state index < -0.39 is 0 Å². The number of piperidine rings is 1. The zero-order chi connectivity index (χ0) is 16.8. The number of aromatic nitrogens is 3. The third-order valence-electron chi connectivity index (χ3n) is 4.30. The number of carbonyl (C=O) groups excluding carboxylic acids is 1. The van der Waals surface area contributed by atoms with Crippen LogP contribution in [0.25, 0.3) is 0 Å². The van der Waals surface area contributed by atoms with E-state index in [0.29, 0.717) is 24.8 Å². The number of hydrogen-bond donors (Lipinski definition) is 1. The van der Waals surface area contributed by atoms with Crippen LogP contribution in [0.15, 0.2) is 34.0 Å². The maximum absolute atomic E-state index is 12.0. The molecule has 0 saturated carbocycles. The number of amides is 1. The van der Waals surface area contributed by atoms with Crippen molar-refractivity contribution in [3.05, 3.63) is 45.3 Å². The first kappa shape index (κ1) is 16.8. The summed E-state index contributed by atoms with van der Waals surface area (Å²) in [5.41, 5.74) is 2.05. The van der Waals surface area contributed by atoms with Crippen LogP contribution in [0.4, 0.5) is 0 Å². The highest BCUT2D eigenvalue weighted by molar-refractivity contribution is 7.07. The van der Waals surface area contributed by atoms with Gasteiger partial charge in [-0.15, -0.1) is 11.3 Å². The summed E-state index contributed by atoms with van der Waals surface area (Å²) in [4.78, 5) is 30.1. The maximum Gasteiger partial charge on any atom is 0.270 e. The summed E-state index contributed by atoms with van der Waals surface area (Å²) in [6.07, 6.45) is 4.99. The zero-order valence-electron chi connectivity index (χ0n) is 13.4. The van der Waals surface area contributed by atoms with Gasteiger partial charge in [-0.3, -0.25) is 14.5 Å². The van der Waals surface area contributed by atoms with Crippen molar-refractivity contribution >= 4 is 17.2 Å². The van der Waals surface area contributed by atoms with Gasteiger partial charge in [-0.25, -0.2) is 9.67 Å². The average molecular weight is 347 g/mol. The zero-order valence-corrected chi connectivity index (χ0v) is 14.2. The first-order chi connectivity index (χ1) is 11.7. The summed E-state index contributed by atoms with van der Waals surface area (Å²) in [5, 5.41) is 8.82. The molecule has 1 atom stereocenters. The number of rotatable bonds is 6. The van der Waals surface area contributed by atoms with Crippen molar-refractivity contribution < 1.29 is 4.79 Å². The van der Waals surface area contributed by atoms with Crippen molar-refractivity contribution in [3.63, 3.8) is 0 Å². The molecule has 1 fully saturated rings. The van der Waals surface area contributed by atoms with E-state index in [9.17, 15) is 9.59 Å². The lowest BCUT2D eigenvalue weighted by atomic mass is 10.0. The van der Waals surface area contributed by atoms with Crippen molar-refractivity contribution in [2.24, 2.45) is 0 Å². The highest BCUT2D eigenvalue weighted by atomic mass is 32.1. The summed E-state index contributed by atoms with van der Waals surface area (Å²) in [6.45, 7) is 2.91. The second-order valence-corrected chi connectivity index (χ2v) is 6.57. The summed E-state index contributed by atoms with van der Waals surface area (Å²) in [6, 6.07) is 3.46. The van der Waals surface area contributed by atoms with Gasteiger partial charge in [-0.1, -0.05) is 6.42 Å². The standard InChI is InChI=1S/C16H21N5O2S/c22-15-5-3-6-19-21(15)9-8-20-7-2-1-4-13(20)10-17-16(23)14-11-24-12-18-14/h3,5-6,11-13H,1-2,4,7-10H2,(H,17,23). The van der Waals surface area contributed by atoms with Gasteiger partial charge in [0.2, 0.25) is 0 Å². The molecule has 1 amide bonds. The summed E-state index contributed by atoms with van der Waals surface area (Å²) in [5.74, 6) is -0.122. The maximum atomic E-state index is 12.0. The quantitative estimate of drug-likeness (QED) is 0.843. The van der Waals surface area contributed by atoms with Gasteiger partial charge in [0.1, 0.15) is 5.69 Å². The van der Waals surface area contributed by atoms with Crippen molar-refractivity contribution in [2.75, 3.05) is 19.6 Å². The van der Waals surface area contributed by atoms with E-state index in [1.54, 1.807) is 23.2 Å². The molecular weight excluding hydrogens is 326 g/mol. The van der Waals surface area contributed by atoms with Crippen LogP contribution in [0.2, 0.25) is 0 Å². The van der Waals surface area contributed by atoms with E-state index in [1.807, 2.05) is 0 Å². The van der Waals surface area contributed by atoms with E-state index in [1.165, 1.54) is 22.1 Å². The molecule has 128 valence electrons. The Kier molecular flexibility index (Phi) is 5.71. The predicted molar refractivity (Wildman–Crippen MR) is 92.2 cm³/mol. The second kappa shape index (κ2) is 8.16. The highest BCUT2D eigenvalue weighted by Crippen LogP contribution is 2.16. The number of hydrogen-bond acceptors (Lipinski definition) is 6. The van der Waals surface area contributed by atoms with Crippen LogP contribution in [0, 0.1) is 0 Å². The molecule has 1 aliphatic rings. The van der Waals surface area contributed by atoms with Gasteiger partial charge in [0.05, 0.1) is 12.1 Å². The molecule has 1 saturated heterocycles. The van der Waals surface area contributed by atoms with E-state index in [2.05, 4.69) is 20.3 Å². The molecule has 1 N–H and O–H groups in total. The van der Waals surface area contributed by atoms with Crippen LogP contribution in [0.1, 0.15) is 29.8 Å². The molecule has 0 spiro atoms. The van der Waals surface area contributed by atoms with Gasteiger partial charge in [0.25, 0.3) is 11.5 Å². The van der Waals surface area contributed by atoms with Crippen LogP contribution in [-0.2, 0) is 6.54 Å². The third-order valence-corrected chi connectivity index (χ3v) is 4.88. The minimum atomic E-state index is -0.122. The SMILES string of the molecule is O=C(NCC1CCCCN1CCn1ncccc1=O)c1cscn1. The number of nitrogens with zero attached hydrogens (tertiary/aromatic N) is 4. The highest BCUT2D eigenvalue weighted by Gasteiger charge is 2.23. The number of thiazole rings is 1. The topological polar surface area (TPSA) is 80.1 Å². The van der Waals surface area contributed by atoms with Gasteiger partial charge in [0, 0.05) is 36.8 Å². The molecule has 24 heavy (non-hydrogen) atoms. The molecule has 3 heterocycles. The van der Waals surface area contributed by atoms with Crippen LogP contribution >= 0.6 is 11.3 Å². The fourth-order valence-corrected chi connectivity index (χ4v) is 3.52. The van der Waals surface area contributed by atoms with Gasteiger partial charge < -0.3 is 5.32 Å². The molecule has 0 aromatic carbocycles. The van der Waals surface area contributed by atoms with Crippen molar-refractivity contribution in [1.29, 1.82) is 0 Å². The summed E-state index contributed by atoms with van der Waals surface area (Å²) < 4.78 is 1.49. The van der Waals surface area contributed by atoms with E-state index >= 15 is 0 Å². The molecule has 1 aliphatic heterocycles. The molecule has 2 aromatic heterocycles. The lowest BCUT2D eigenvalue weighted by Crippen LogP contribution is -2.48. The number of likely N-dealkylation sites (tertiary alicyclic amines) is 1. The van der Waals surface area contributed by atoms with E-state index in [0.717, 1.165) is 32.4 Å². The summed E-state index contributed by atoms with van der Waals surface area (Å²) in [7, 11) is 0. The monoisotopic (exact) mass is 347 g/mol. The minimum Gasteiger partial charge on any atom is -0.349 e. The van der Waals surface area contributed by atoms with Gasteiger partial charge in [-0.05, 0) is 25.5 Å². The van der Waals surface area contributed by atoms with Crippen LogP contribution in [0.3, 0.4) is 0 Å². The lowest BCUT2D eigenvalue weighted by Gasteiger charge is -2.35. The van der Waals surface area contributed by atoms with Crippen molar-refractivity contribution in [1.82, 2.24) is 25.0 Å². The first-order valence-corrected chi connectivity index (χ1v) is 9.11. The Morgan fingerprint density at radius 1 is 1.38 bits per heavy atom. The van der Waals surface area contributed by atoms with E-state index in [-0.39, 0.29) is 11.5 Å². The Morgan fingerprint density at radius 2 is 2.29 bits per heavy atom. The molecule has 7 nitrogen and oxygen atoms in total.